The highest BCUT2D eigenvalue weighted by Gasteiger charge is 2.31. The number of ether oxygens (including phenoxy) is 1. The molecule has 0 atom stereocenters. The summed E-state index contributed by atoms with van der Waals surface area (Å²) in [5.41, 5.74) is 7.64. The molecule has 0 heterocycles. The number of methoxy groups -OCH3 is 1. The lowest BCUT2D eigenvalue weighted by Crippen LogP contribution is -2.46. The lowest BCUT2D eigenvalue weighted by atomic mass is 9.74. The lowest BCUT2D eigenvalue weighted by molar-refractivity contribution is 0.232. The van der Waals surface area contributed by atoms with Crippen LogP contribution >= 0.6 is 0 Å². The van der Waals surface area contributed by atoms with Gasteiger partial charge in [-0.2, -0.15) is 0 Å². The Bertz CT molecular complexity index is 331. The number of nitrogens with two attached hydrogens (primary N) is 1. The molecule has 2 heteroatoms. The van der Waals surface area contributed by atoms with Gasteiger partial charge in [-0.25, -0.2) is 0 Å². The molecule has 0 aliphatic heterocycles. The van der Waals surface area contributed by atoms with E-state index in [0.29, 0.717) is 0 Å². The molecule has 0 saturated heterocycles. The van der Waals surface area contributed by atoms with Crippen molar-refractivity contribution in [3.05, 3.63) is 29.8 Å². The van der Waals surface area contributed by atoms with E-state index in [0.717, 1.165) is 18.6 Å². The fraction of sp³-hybridized carbons (Fsp3) is 0.538. The number of hydrogen-bond acceptors (Lipinski definition) is 2. The van der Waals surface area contributed by atoms with Crippen LogP contribution in [-0.2, 0) is 6.42 Å². The van der Waals surface area contributed by atoms with Gasteiger partial charge in [0.2, 0.25) is 0 Å². The minimum absolute atomic E-state index is 0.128. The van der Waals surface area contributed by atoms with Gasteiger partial charge < -0.3 is 10.5 Å². The summed E-state index contributed by atoms with van der Waals surface area (Å²) in [7, 11) is 1.70. The monoisotopic (exact) mass is 205 g/mol. The predicted molar refractivity (Wildman–Crippen MR) is 62.1 cm³/mol. The van der Waals surface area contributed by atoms with E-state index in [9.17, 15) is 0 Å². The first-order valence-corrected chi connectivity index (χ1v) is 5.64. The molecule has 0 bridgehead atoms. The molecule has 0 amide bonds. The second-order valence-corrected chi connectivity index (χ2v) is 4.57. The Balaban J connectivity index is 1.92. The van der Waals surface area contributed by atoms with E-state index in [4.69, 9.17) is 10.5 Å². The third-order valence-electron chi connectivity index (χ3n) is 3.40. The quantitative estimate of drug-likeness (QED) is 0.819. The summed E-state index contributed by atoms with van der Waals surface area (Å²) >= 11 is 0. The molecule has 2 rings (SSSR count). The Kier molecular flexibility index (Phi) is 2.96. The van der Waals surface area contributed by atoms with Crippen LogP contribution in [0.25, 0.3) is 0 Å². The smallest absolute Gasteiger partial charge is 0.119 e. The van der Waals surface area contributed by atoms with Crippen molar-refractivity contribution in [2.75, 3.05) is 7.11 Å². The molecule has 82 valence electrons. The average molecular weight is 205 g/mol. The van der Waals surface area contributed by atoms with Crippen LogP contribution < -0.4 is 10.5 Å². The predicted octanol–water partition coefficient (Wildman–Crippen LogP) is 2.51. The third-order valence-corrected chi connectivity index (χ3v) is 3.40. The van der Waals surface area contributed by atoms with Crippen molar-refractivity contribution < 1.29 is 4.74 Å². The molecule has 0 radical (unpaired) electrons. The van der Waals surface area contributed by atoms with E-state index in [1.165, 1.54) is 24.8 Å². The van der Waals surface area contributed by atoms with Gasteiger partial charge in [0.25, 0.3) is 0 Å². The number of rotatable bonds is 4. The van der Waals surface area contributed by atoms with Crippen LogP contribution in [0, 0.1) is 0 Å². The van der Waals surface area contributed by atoms with E-state index in [2.05, 4.69) is 12.1 Å². The minimum Gasteiger partial charge on any atom is -0.497 e. The van der Waals surface area contributed by atoms with E-state index in [1.54, 1.807) is 7.11 Å². The van der Waals surface area contributed by atoms with E-state index < -0.39 is 0 Å². The van der Waals surface area contributed by atoms with E-state index >= 15 is 0 Å². The summed E-state index contributed by atoms with van der Waals surface area (Å²) in [5, 5.41) is 0. The van der Waals surface area contributed by atoms with Crippen molar-refractivity contribution in [3.63, 3.8) is 0 Å². The molecule has 2 nitrogen and oxygen atoms in total. The molecule has 1 aromatic carbocycles. The van der Waals surface area contributed by atoms with Crippen molar-refractivity contribution in [1.82, 2.24) is 0 Å². The summed E-state index contributed by atoms with van der Waals surface area (Å²) in [6, 6.07) is 8.26. The lowest BCUT2D eigenvalue weighted by Gasteiger charge is -2.38. The Morgan fingerprint density at radius 1 is 1.40 bits per heavy atom. The summed E-state index contributed by atoms with van der Waals surface area (Å²) in [4.78, 5) is 0. The molecule has 1 aliphatic rings. The number of hydrogen-bond donors (Lipinski definition) is 1. The van der Waals surface area contributed by atoms with Crippen molar-refractivity contribution >= 4 is 0 Å². The fourth-order valence-electron chi connectivity index (χ4n) is 2.10. The highest BCUT2D eigenvalue weighted by molar-refractivity contribution is 5.28. The maximum Gasteiger partial charge on any atom is 0.119 e. The van der Waals surface area contributed by atoms with Crippen LogP contribution in [0.3, 0.4) is 0 Å². The Morgan fingerprint density at radius 3 is 2.80 bits per heavy atom. The van der Waals surface area contributed by atoms with Crippen LogP contribution in [0.2, 0.25) is 0 Å². The van der Waals surface area contributed by atoms with Gasteiger partial charge in [0.15, 0.2) is 0 Å². The Hall–Kier alpha value is -1.02. The number of aryl methyl sites for hydroxylation is 1. The second kappa shape index (κ2) is 4.23. The van der Waals surface area contributed by atoms with Crippen molar-refractivity contribution in [2.45, 2.75) is 37.6 Å². The van der Waals surface area contributed by atoms with Gasteiger partial charge in [-0.3, -0.25) is 0 Å². The molecule has 2 N–H and O–H groups in total. The van der Waals surface area contributed by atoms with E-state index in [1.807, 2.05) is 12.1 Å². The SMILES string of the molecule is COc1cccc(CCC2(N)CCC2)c1. The van der Waals surface area contributed by atoms with Gasteiger partial charge >= 0.3 is 0 Å². The van der Waals surface area contributed by atoms with Crippen LogP contribution in [-0.4, -0.2) is 12.6 Å². The average Bonchev–Trinajstić information content (AvgIpc) is 2.24. The summed E-state index contributed by atoms with van der Waals surface area (Å²) in [5.74, 6) is 0.937. The molecule has 1 aromatic rings. The summed E-state index contributed by atoms with van der Waals surface area (Å²) < 4.78 is 5.20. The van der Waals surface area contributed by atoms with Crippen LogP contribution in [0.15, 0.2) is 24.3 Å². The first kappa shape index (κ1) is 10.5. The van der Waals surface area contributed by atoms with Crippen molar-refractivity contribution in [3.8, 4) is 5.75 Å². The Morgan fingerprint density at radius 2 is 2.20 bits per heavy atom. The van der Waals surface area contributed by atoms with Crippen LogP contribution in [0.4, 0.5) is 0 Å². The molecule has 1 fully saturated rings. The van der Waals surface area contributed by atoms with Gasteiger partial charge in [0, 0.05) is 5.54 Å². The van der Waals surface area contributed by atoms with Gasteiger partial charge in [-0.05, 0) is 49.8 Å². The van der Waals surface area contributed by atoms with Gasteiger partial charge in [0.1, 0.15) is 5.75 Å². The summed E-state index contributed by atoms with van der Waals surface area (Å²) in [6.07, 6.45) is 5.84. The Labute approximate surface area is 91.4 Å². The molecule has 1 aliphatic carbocycles. The molecule has 15 heavy (non-hydrogen) atoms. The molecule has 0 unspecified atom stereocenters. The highest BCUT2D eigenvalue weighted by atomic mass is 16.5. The fourth-order valence-corrected chi connectivity index (χ4v) is 2.10. The maximum absolute atomic E-state index is 6.19. The molecule has 0 aromatic heterocycles. The number of benzene rings is 1. The molecule has 1 saturated carbocycles. The second-order valence-electron chi connectivity index (χ2n) is 4.57. The molecule has 0 spiro atoms. The zero-order valence-corrected chi connectivity index (χ0v) is 9.33. The molecular weight excluding hydrogens is 186 g/mol. The largest absolute Gasteiger partial charge is 0.497 e. The van der Waals surface area contributed by atoms with Gasteiger partial charge in [-0.1, -0.05) is 12.1 Å². The van der Waals surface area contributed by atoms with Crippen molar-refractivity contribution in [1.29, 1.82) is 0 Å². The normalized spacial score (nSPS) is 18.3. The van der Waals surface area contributed by atoms with Gasteiger partial charge in [0.05, 0.1) is 7.11 Å². The topological polar surface area (TPSA) is 35.2 Å². The first-order valence-electron chi connectivity index (χ1n) is 5.64. The van der Waals surface area contributed by atoms with Gasteiger partial charge in [-0.15, -0.1) is 0 Å². The van der Waals surface area contributed by atoms with Crippen molar-refractivity contribution in [2.24, 2.45) is 5.73 Å². The maximum atomic E-state index is 6.19. The van der Waals surface area contributed by atoms with E-state index in [-0.39, 0.29) is 5.54 Å². The minimum atomic E-state index is 0.128. The zero-order valence-electron chi connectivity index (χ0n) is 9.33. The molecular formula is C13H19NO. The third kappa shape index (κ3) is 2.51. The van der Waals surface area contributed by atoms with Crippen LogP contribution in [0.1, 0.15) is 31.2 Å². The first-order chi connectivity index (χ1) is 7.22. The summed E-state index contributed by atoms with van der Waals surface area (Å²) in [6.45, 7) is 0. The standard InChI is InChI=1S/C13H19NO/c1-15-12-5-2-4-11(10-12)6-9-13(14)7-3-8-13/h2,4-5,10H,3,6-9,14H2,1H3. The highest BCUT2D eigenvalue weighted by Crippen LogP contribution is 2.33. The zero-order chi connectivity index (χ0) is 10.7. The van der Waals surface area contributed by atoms with Crippen LogP contribution in [0.5, 0.6) is 5.75 Å².